The molecule has 6 nitrogen and oxygen atoms in total. The van der Waals surface area contributed by atoms with Crippen LogP contribution in [0.3, 0.4) is 0 Å². The fraction of sp³-hybridized carbons (Fsp3) is 0.208. The molecule has 1 aliphatic heterocycles. The van der Waals surface area contributed by atoms with E-state index in [1.165, 1.54) is 11.1 Å². The van der Waals surface area contributed by atoms with Gasteiger partial charge in [0.1, 0.15) is 11.9 Å². The standard InChI is InChI=1S/C24H22N4O2/c1-15-9-19-10-18(7-8-22(19)30-15)17-5-3-16(4-6-17)12-26-24(29)21-11-20-14-27-28(2)23(20)25-13-21/h3-8,10-11,13-15H,9,12H2,1-2H3,(H,26,29). The van der Waals surface area contributed by atoms with Crippen LogP contribution in [0.2, 0.25) is 0 Å². The normalized spacial score (nSPS) is 15.1. The first kappa shape index (κ1) is 18.4. The van der Waals surface area contributed by atoms with E-state index in [1.807, 2.05) is 25.2 Å². The molecule has 1 N–H and O–H groups in total. The summed E-state index contributed by atoms with van der Waals surface area (Å²) >= 11 is 0. The molecular formula is C24H22N4O2. The van der Waals surface area contributed by atoms with E-state index in [-0.39, 0.29) is 12.0 Å². The van der Waals surface area contributed by atoms with Crippen molar-refractivity contribution in [3.05, 3.63) is 77.6 Å². The zero-order valence-corrected chi connectivity index (χ0v) is 16.9. The maximum Gasteiger partial charge on any atom is 0.253 e. The molecule has 1 amide bonds. The highest BCUT2D eigenvalue weighted by atomic mass is 16.5. The van der Waals surface area contributed by atoms with Crippen LogP contribution in [-0.2, 0) is 20.0 Å². The Morgan fingerprint density at radius 1 is 1.13 bits per heavy atom. The lowest BCUT2D eigenvalue weighted by Crippen LogP contribution is -2.22. The predicted octanol–water partition coefficient (Wildman–Crippen LogP) is 3.89. The van der Waals surface area contributed by atoms with Crippen LogP contribution < -0.4 is 10.1 Å². The molecule has 1 unspecified atom stereocenters. The SMILES string of the molecule is CC1Cc2cc(-c3ccc(CNC(=O)c4cnc5c(cnn5C)c4)cc3)ccc2O1. The molecule has 3 heterocycles. The van der Waals surface area contributed by atoms with Gasteiger partial charge in [-0.2, -0.15) is 5.10 Å². The molecule has 0 saturated heterocycles. The average molecular weight is 398 g/mol. The number of carbonyl (C=O) groups excluding carboxylic acids is 1. The van der Waals surface area contributed by atoms with Crippen LogP contribution in [0.5, 0.6) is 5.75 Å². The zero-order valence-electron chi connectivity index (χ0n) is 16.9. The van der Waals surface area contributed by atoms with Gasteiger partial charge in [-0.05, 0) is 47.4 Å². The molecule has 1 atom stereocenters. The third-order valence-electron chi connectivity index (χ3n) is 5.47. The van der Waals surface area contributed by atoms with E-state index < -0.39 is 0 Å². The van der Waals surface area contributed by atoms with Gasteiger partial charge in [-0.25, -0.2) is 4.98 Å². The minimum atomic E-state index is -0.148. The van der Waals surface area contributed by atoms with E-state index in [9.17, 15) is 4.79 Å². The number of ether oxygens (including phenoxy) is 1. The van der Waals surface area contributed by atoms with Crippen molar-refractivity contribution >= 4 is 16.9 Å². The number of nitrogens with zero attached hydrogens (tertiary/aromatic N) is 3. The summed E-state index contributed by atoms with van der Waals surface area (Å²) in [5.74, 6) is 0.842. The van der Waals surface area contributed by atoms with Crippen molar-refractivity contribution < 1.29 is 9.53 Å². The van der Waals surface area contributed by atoms with Gasteiger partial charge in [0, 0.05) is 31.6 Å². The van der Waals surface area contributed by atoms with E-state index in [0.717, 1.165) is 34.3 Å². The van der Waals surface area contributed by atoms with Crippen molar-refractivity contribution in [2.24, 2.45) is 7.05 Å². The number of carbonyl (C=O) groups is 1. The van der Waals surface area contributed by atoms with Crippen molar-refractivity contribution in [3.63, 3.8) is 0 Å². The van der Waals surface area contributed by atoms with Crippen LogP contribution in [0.15, 0.2) is 60.9 Å². The first-order valence-corrected chi connectivity index (χ1v) is 10.0. The highest BCUT2D eigenvalue weighted by Crippen LogP contribution is 2.32. The Hall–Kier alpha value is -3.67. The number of benzene rings is 2. The number of hydrogen-bond acceptors (Lipinski definition) is 4. The van der Waals surface area contributed by atoms with Gasteiger partial charge in [0.25, 0.3) is 5.91 Å². The fourth-order valence-corrected chi connectivity index (χ4v) is 3.87. The summed E-state index contributed by atoms with van der Waals surface area (Å²) in [7, 11) is 1.83. The quantitative estimate of drug-likeness (QED) is 0.566. The Labute approximate surface area is 174 Å². The number of pyridine rings is 1. The lowest BCUT2D eigenvalue weighted by Gasteiger charge is -2.08. The zero-order chi connectivity index (χ0) is 20.7. The van der Waals surface area contributed by atoms with Crippen molar-refractivity contribution in [1.82, 2.24) is 20.1 Å². The van der Waals surface area contributed by atoms with Crippen LogP contribution in [0, 0.1) is 0 Å². The Morgan fingerprint density at radius 3 is 2.77 bits per heavy atom. The minimum Gasteiger partial charge on any atom is -0.490 e. The fourth-order valence-electron chi connectivity index (χ4n) is 3.87. The van der Waals surface area contributed by atoms with Crippen molar-refractivity contribution in [2.75, 3.05) is 0 Å². The lowest BCUT2D eigenvalue weighted by atomic mass is 10.00. The minimum absolute atomic E-state index is 0.148. The topological polar surface area (TPSA) is 69.0 Å². The molecular weight excluding hydrogens is 376 g/mol. The Balaban J connectivity index is 1.26. The summed E-state index contributed by atoms with van der Waals surface area (Å²) in [6, 6.07) is 16.4. The van der Waals surface area contributed by atoms with Crippen LogP contribution in [0.4, 0.5) is 0 Å². The van der Waals surface area contributed by atoms with Crippen molar-refractivity contribution in [1.29, 1.82) is 0 Å². The first-order valence-electron chi connectivity index (χ1n) is 10.0. The summed E-state index contributed by atoms with van der Waals surface area (Å²) < 4.78 is 7.47. The molecule has 0 spiro atoms. The molecule has 4 aromatic rings. The molecule has 2 aromatic heterocycles. The molecule has 150 valence electrons. The average Bonchev–Trinajstić information content (AvgIpc) is 3.33. The van der Waals surface area contributed by atoms with Crippen molar-refractivity contribution in [2.45, 2.75) is 26.0 Å². The molecule has 1 aliphatic rings. The predicted molar refractivity (Wildman–Crippen MR) is 115 cm³/mol. The second kappa shape index (κ2) is 7.30. The number of amides is 1. The molecule has 30 heavy (non-hydrogen) atoms. The lowest BCUT2D eigenvalue weighted by molar-refractivity contribution is 0.0950. The van der Waals surface area contributed by atoms with Crippen LogP contribution >= 0.6 is 0 Å². The largest absolute Gasteiger partial charge is 0.490 e. The van der Waals surface area contributed by atoms with Gasteiger partial charge >= 0.3 is 0 Å². The highest BCUT2D eigenvalue weighted by molar-refractivity contribution is 5.96. The van der Waals surface area contributed by atoms with Gasteiger partial charge in [0.15, 0.2) is 5.65 Å². The van der Waals surface area contributed by atoms with Gasteiger partial charge < -0.3 is 10.1 Å². The molecule has 5 rings (SSSR count). The van der Waals surface area contributed by atoms with E-state index in [2.05, 4.69) is 52.7 Å². The van der Waals surface area contributed by atoms with Gasteiger partial charge in [0.05, 0.1) is 11.8 Å². The van der Waals surface area contributed by atoms with Gasteiger partial charge in [-0.15, -0.1) is 0 Å². The summed E-state index contributed by atoms with van der Waals surface area (Å²) in [5.41, 5.74) is 5.92. The molecule has 0 radical (unpaired) electrons. The molecule has 0 bridgehead atoms. The third-order valence-corrected chi connectivity index (χ3v) is 5.47. The molecule has 0 saturated carbocycles. The van der Waals surface area contributed by atoms with E-state index in [0.29, 0.717) is 12.1 Å². The number of aryl methyl sites for hydroxylation is 1. The number of rotatable bonds is 4. The third kappa shape index (κ3) is 3.41. The maximum atomic E-state index is 12.5. The smallest absolute Gasteiger partial charge is 0.253 e. The van der Waals surface area contributed by atoms with Crippen LogP contribution in [0.1, 0.15) is 28.4 Å². The van der Waals surface area contributed by atoms with Gasteiger partial charge in [-0.3, -0.25) is 9.48 Å². The summed E-state index contributed by atoms with van der Waals surface area (Å²) in [4.78, 5) is 16.8. The Kier molecular flexibility index (Phi) is 4.47. The van der Waals surface area contributed by atoms with Crippen molar-refractivity contribution in [3.8, 4) is 16.9 Å². The second-order valence-electron chi connectivity index (χ2n) is 7.74. The second-order valence-corrected chi connectivity index (χ2v) is 7.74. The van der Waals surface area contributed by atoms with Crippen LogP contribution in [-0.4, -0.2) is 26.8 Å². The molecule has 0 fully saturated rings. The monoisotopic (exact) mass is 398 g/mol. The molecule has 0 aliphatic carbocycles. The van der Waals surface area contributed by atoms with Gasteiger partial charge in [0.2, 0.25) is 0 Å². The Morgan fingerprint density at radius 2 is 1.93 bits per heavy atom. The summed E-state index contributed by atoms with van der Waals surface area (Å²) in [6.07, 6.45) is 4.49. The Bertz CT molecular complexity index is 1240. The molecule has 6 heteroatoms. The number of aromatic nitrogens is 3. The summed E-state index contributed by atoms with van der Waals surface area (Å²) in [5, 5.41) is 7.97. The maximum absolute atomic E-state index is 12.5. The van der Waals surface area contributed by atoms with E-state index in [1.54, 1.807) is 17.1 Å². The number of nitrogens with one attached hydrogen (secondary N) is 1. The number of hydrogen-bond donors (Lipinski definition) is 1. The highest BCUT2D eigenvalue weighted by Gasteiger charge is 2.19. The summed E-state index contributed by atoms with van der Waals surface area (Å²) in [6.45, 7) is 2.55. The number of fused-ring (bicyclic) bond motifs is 2. The van der Waals surface area contributed by atoms with E-state index in [4.69, 9.17) is 4.74 Å². The first-order chi connectivity index (χ1) is 14.6. The van der Waals surface area contributed by atoms with Gasteiger partial charge in [-0.1, -0.05) is 30.3 Å². The van der Waals surface area contributed by atoms with Crippen LogP contribution in [0.25, 0.3) is 22.2 Å². The molecule has 2 aromatic carbocycles. The van der Waals surface area contributed by atoms with E-state index >= 15 is 0 Å².